The summed E-state index contributed by atoms with van der Waals surface area (Å²) in [5.74, 6) is 0.444. The molecule has 7 heteroatoms. The molecule has 0 spiro atoms. The van der Waals surface area contributed by atoms with E-state index in [1.807, 2.05) is 17.4 Å². The first-order valence-electron chi connectivity index (χ1n) is 9.88. The predicted octanol–water partition coefficient (Wildman–Crippen LogP) is 4.01. The number of nitrogens with zero attached hydrogens (tertiary/aromatic N) is 3. The van der Waals surface area contributed by atoms with E-state index >= 15 is 0 Å². The Morgan fingerprint density at radius 3 is 2.23 bits per heavy atom. The third-order valence-electron chi connectivity index (χ3n) is 5.35. The summed E-state index contributed by atoms with van der Waals surface area (Å²) in [7, 11) is 0. The zero-order valence-electron chi connectivity index (χ0n) is 16.4. The second kappa shape index (κ2) is 9.13. The van der Waals surface area contributed by atoms with Gasteiger partial charge in [0.1, 0.15) is 5.75 Å². The number of amides is 1. The molecule has 1 fully saturated rings. The number of imidazole rings is 1. The Morgan fingerprint density at radius 2 is 1.63 bits per heavy atom. The van der Waals surface area contributed by atoms with Gasteiger partial charge in [-0.2, -0.15) is 0 Å². The molecule has 0 bridgehead atoms. The molecule has 3 aromatic rings. The maximum atomic E-state index is 12.5. The largest absolute Gasteiger partial charge is 0.484 e. The summed E-state index contributed by atoms with van der Waals surface area (Å²) in [6.45, 7) is 1.40. The minimum absolute atomic E-state index is 0.0137. The summed E-state index contributed by atoms with van der Waals surface area (Å²) >= 11 is 5.87. The third kappa shape index (κ3) is 4.71. The van der Waals surface area contributed by atoms with Crippen molar-refractivity contribution in [2.24, 2.45) is 0 Å². The first-order chi connectivity index (χ1) is 14.6. The fraction of sp³-hybridized carbons (Fsp3) is 0.261. The molecule has 30 heavy (non-hydrogen) atoms. The van der Waals surface area contributed by atoms with E-state index in [9.17, 15) is 9.59 Å². The average Bonchev–Trinajstić information content (AvgIpc) is 3.33. The van der Waals surface area contributed by atoms with E-state index < -0.39 is 0 Å². The summed E-state index contributed by atoms with van der Waals surface area (Å²) in [5, 5.41) is 0.589. The predicted molar refractivity (Wildman–Crippen MR) is 114 cm³/mol. The molecular formula is C23H22ClN3O3. The Labute approximate surface area is 180 Å². The number of halogens is 1. The van der Waals surface area contributed by atoms with Crippen LogP contribution in [0.15, 0.2) is 67.3 Å². The lowest BCUT2D eigenvalue weighted by Gasteiger charge is -2.32. The molecule has 154 valence electrons. The number of hydrogen-bond donors (Lipinski definition) is 0. The Balaban J connectivity index is 1.27. The van der Waals surface area contributed by atoms with Crippen LogP contribution in [0.3, 0.4) is 0 Å². The van der Waals surface area contributed by atoms with Crippen LogP contribution in [0.25, 0.3) is 0 Å². The maximum Gasteiger partial charge on any atom is 0.260 e. The van der Waals surface area contributed by atoms with Gasteiger partial charge in [0, 0.05) is 47.7 Å². The van der Waals surface area contributed by atoms with E-state index in [2.05, 4.69) is 9.55 Å². The molecule has 1 saturated heterocycles. The van der Waals surface area contributed by atoms with Crippen LogP contribution in [0.1, 0.15) is 34.8 Å². The number of carbonyl (C=O) groups is 2. The molecular weight excluding hydrogens is 402 g/mol. The zero-order chi connectivity index (χ0) is 20.9. The van der Waals surface area contributed by atoms with Crippen molar-refractivity contribution >= 4 is 23.3 Å². The highest BCUT2D eigenvalue weighted by Gasteiger charge is 2.23. The van der Waals surface area contributed by atoms with Crippen molar-refractivity contribution in [3.05, 3.63) is 83.4 Å². The van der Waals surface area contributed by atoms with Crippen LogP contribution in [-0.4, -0.2) is 45.8 Å². The summed E-state index contributed by atoms with van der Waals surface area (Å²) in [4.78, 5) is 30.9. The van der Waals surface area contributed by atoms with E-state index in [1.165, 1.54) is 0 Å². The fourth-order valence-corrected chi connectivity index (χ4v) is 3.73. The quantitative estimate of drug-likeness (QED) is 0.562. The van der Waals surface area contributed by atoms with Crippen molar-refractivity contribution < 1.29 is 14.3 Å². The van der Waals surface area contributed by atoms with E-state index in [-0.39, 0.29) is 18.3 Å². The standard InChI is InChI=1S/C23H22ClN3O3/c24-19-5-1-17(2-6-19)23(29)18-3-7-21(8-4-18)30-15-22(28)26-12-9-20(10-13-26)27-14-11-25-16-27/h1-8,11,14,16,20H,9-10,12-13,15H2. The summed E-state index contributed by atoms with van der Waals surface area (Å²) < 4.78 is 7.74. The molecule has 0 N–H and O–H groups in total. The van der Waals surface area contributed by atoms with Gasteiger partial charge in [-0.25, -0.2) is 4.98 Å². The van der Waals surface area contributed by atoms with Crippen LogP contribution in [0.5, 0.6) is 5.75 Å². The smallest absolute Gasteiger partial charge is 0.260 e. The van der Waals surface area contributed by atoms with Crippen LogP contribution in [0, 0.1) is 0 Å². The molecule has 0 saturated carbocycles. The molecule has 0 unspecified atom stereocenters. The van der Waals surface area contributed by atoms with Gasteiger partial charge in [0.05, 0.1) is 6.33 Å². The lowest BCUT2D eigenvalue weighted by molar-refractivity contribution is -0.134. The number of aromatic nitrogens is 2. The lowest BCUT2D eigenvalue weighted by atomic mass is 10.0. The summed E-state index contributed by atoms with van der Waals surface area (Å²) in [5.41, 5.74) is 1.12. The number of piperidine rings is 1. The molecule has 2 heterocycles. The van der Waals surface area contributed by atoms with Crippen LogP contribution in [0.2, 0.25) is 5.02 Å². The van der Waals surface area contributed by atoms with E-state index in [0.717, 1.165) is 12.8 Å². The second-order valence-electron chi connectivity index (χ2n) is 7.27. The van der Waals surface area contributed by atoms with Gasteiger partial charge in [-0.15, -0.1) is 0 Å². The molecule has 0 aliphatic carbocycles. The fourth-order valence-electron chi connectivity index (χ4n) is 3.61. The van der Waals surface area contributed by atoms with Crippen LogP contribution in [0.4, 0.5) is 0 Å². The van der Waals surface area contributed by atoms with Crippen molar-refractivity contribution in [2.75, 3.05) is 19.7 Å². The topological polar surface area (TPSA) is 64.4 Å². The number of hydrogen-bond acceptors (Lipinski definition) is 4. The molecule has 1 aliphatic heterocycles. The zero-order valence-corrected chi connectivity index (χ0v) is 17.2. The van der Waals surface area contributed by atoms with Crippen molar-refractivity contribution in [3.8, 4) is 5.75 Å². The van der Waals surface area contributed by atoms with E-state index in [1.54, 1.807) is 54.7 Å². The van der Waals surface area contributed by atoms with Crippen LogP contribution < -0.4 is 4.74 Å². The highest BCUT2D eigenvalue weighted by atomic mass is 35.5. The molecule has 1 amide bonds. The Morgan fingerprint density at radius 1 is 1.00 bits per heavy atom. The van der Waals surface area contributed by atoms with Gasteiger partial charge in [-0.05, 0) is 61.4 Å². The van der Waals surface area contributed by atoms with Gasteiger partial charge in [0.25, 0.3) is 5.91 Å². The van der Waals surface area contributed by atoms with Gasteiger partial charge in [-0.3, -0.25) is 9.59 Å². The minimum atomic E-state index is -0.0879. The second-order valence-corrected chi connectivity index (χ2v) is 7.71. The SMILES string of the molecule is O=C(c1ccc(Cl)cc1)c1ccc(OCC(=O)N2CCC(n3ccnc3)CC2)cc1. The van der Waals surface area contributed by atoms with Crippen molar-refractivity contribution in [2.45, 2.75) is 18.9 Å². The summed E-state index contributed by atoms with van der Waals surface area (Å²) in [6.07, 6.45) is 7.38. The molecule has 4 rings (SSSR count). The maximum absolute atomic E-state index is 12.5. The molecule has 2 aromatic carbocycles. The lowest BCUT2D eigenvalue weighted by Crippen LogP contribution is -2.41. The molecule has 6 nitrogen and oxygen atoms in total. The Kier molecular flexibility index (Phi) is 6.14. The number of ketones is 1. The molecule has 1 aliphatic rings. The van der Waals surface area contributed by atoms with Gasteiger partial charge in [0.2, 0.25) is 0 Å². The normalized spacial score (nSPS) is 14.5. The van der Waals surface area contributed by atoms with Gasteiger partial charge < -0.3 is 14.2 Å². The van der Waals surface area contributed by atoms with Crippen LogP contribution >= 0.6 is 11.6 Å². The molecule has 0 radical (unpaired) electrons. The van der Waals surface area contributed by atoms with Crippen molar-refractivity contribution in [1.29, 1.82) is 0 Å². The third-order valence-corrected chi connectivity index (χ3v) is 5.60. The molecule has 0 atom stereocenters. The minimum Gasteiger partial charge on any atom is -0.484 e. The number of ether oxygens (including phenoxy) is 1. The van der Waals surface area contributed by atoms with E-state index in [0.29, 0.717) is 41.0 Å². The first kappa shape index (κ1) is 20.2. The highest BCUT2D eigenvalue weighted by molar-refractivity contribution is 6.30. The first-order valence-corrected chi connectivity index (χ1v) is 10.3. The monoisotopic (exact) mass is 423 g/mol. The van der Waals surface area contributed by atoms with Crippen LogP contribution in [-0.2, 0) is 4.79 Å². The number of benzene rings is 2. The number of rotatable bonds is 6. The Bertz CT molecular complexity index is 993. The van der Waals surface area contributed by atoms with Crippen molar-refractivity contribution in [3.63, 3.8) is 0 Å². The number of carbonyl (C=O) groups excluding carboxylic acids is 2. The van der Waals surface area contributed by atoms with E-state index in [4.69, 9.17) is 16.3 Å². The van der Waals surface area contributed by atoms with Crippen molar-refractivity contribution in [1.82, 2.24) is 14.5 Å². The van der Waals surface area contributed by atoms with Gasteiger partial charge in [-0.1, -0.05) is 11.6 Å². The average molecular weight is 424 g/mol. The van der Waals surface area contributed by atoms with Gasteiger partial charge >= 0.3 is 0 Å². The van der Waals surface area contributed by atoms with Gasteiger partial charge in [0.15, 0.2) is 12.4 Å². The highest BCUT2D eigenvalue weighted by Crippen LogP contribution is 2.22. The molecule has 1 aromatic heterocycles. The Hall–Kier alpha value is -3.12. The number of likely N-dealkylation sites (tertiary alicyclic amines) is 1. The summed E-state index contributed by atoms with van der Waals surface area (Å²) in [6, 6.07) is 14.0.